The van der Waals surface area contributed by atoms with Crippen LogP contribution in [0.5, 0.6) is 0 Å². The number of carbonyl (C=O) groups excluding carboxylic acids is 1. The van der Waals surface area contributed by atoms with Gasteiger partial charge in [-0.25, -0.2) is 8.42 Å². The number of aryl methyl sites for hydroxylation is 1. The number of halogens is 1. The number of nitrogens with zero attached hydrogens (tertiary/aromatic N) is 5. The van der Waals surface area contributed by atoms with E-state index in [9.17, 15) is 23.3 Å². The van der Waals surface area contributed by atoms with Crippen LogP contribution in [0.3, 0.4) is 0 Å². The van der Waals surface area contributed by atoms with Crippen LogP contribution in [-0.2, 0) is 21.4 Å². The number of anilines is 2. The number of benzene rings is 1. The van der Waals surface area contributed by atoms with Crippen molar-refractivity contribution in [3.8, 4) is 0 Å². The molecule has 0 fully saturated rings. The second-order valence-corrected chi connectivity index (χ2v) is 9.29. The first kappa shape index (κ1) is 24.1. The molecule has 2 aromatic heterocycles. The molecule has 174 valence electrons. The SMILES string of the molecule is Cc1nn(CC(C)C(=O)Nc2ccc(S(=O)(=O)Nc3ccc(Cl)nn3)cc2)c(C)c1[N+](=O)[O-]. The largest absolute Gasteiger partial charge is 0.326 e. The highest BCUT2D eigenvalue weighted by Gasteiger charge is 2.24. The summed E-state index contributed by atoms with van der Waals surface area (Å²) >= 11 is 5.64. The molecule has 1 aromatic carbocycles. The van der Waals surface area contributed by atoms with Crippen LogP contribution in [-0.4, -0.2) is 39.2 Å². The number of aromatic nitrogens is 4. The topological polar surface area (TPSA) is 162 Å². The number of hydrogen-bond donors (Lipinski definition) is 2. The molecule has 0 saturated carbocycles. The summed E-state index contributed by atoms with van der Waals surface area (Å²) in [6, 6.07) is 8.32. The van der Waals surface area contributed by atoms with Crippen LogP contribution in [0.25, 0.3) is 0 Å². The Labute approximate surface area is 194 Å². The van der Waals surface area contributed by atoms with Gasteiger partial charge in [0.25, 0.3) is 10.0 Å². The molecule has 3 aromatic rings. The third kappa shape index (κ3) is 5.62. The fourth-order valence-corrected chi connectivity index (χ4v) is 4.12. The van der Waals surface area contributed by atoms with Gasteiger partial charge in [-0.1, -0.05) is 18.5 Å². The minimum Gasteiger partial charge on any atom is -0.326 e. The molecule has 0 spiro atoms. The van der Waals surface area contributed by atoms with Crippen LogP contribution in [0.1, 0.15) is 18.3 Å². The van der Waals surface area contributed by atoms with Crippen LogP contribution in [0.15, 0.2) is 41.3 Å². The normalized spacial score (nSPS) is 12.2. The molecule has 0 aliphatic carbocycles. The van der Waals surface area contributed by atoms with Gasteiger partial charge in [0.2, 0.25) is 5.91 Å². The van der Waals surface area contributed by atoms with E-state index in [-0.39, 0.29) is 39.7 Å². The Balaban J connectivity index is 1.65. The van der Waals surface area contributed by atoms with E-state index in [0.29, 0.717) is 11.4 Å². The van der Waals surface area contributed by atoms with Gasteiger partial charge in [-0.05, 0) is 50.2 Å². The van der Waals surface area contributed by atoms with Crippen LogP contribution in [0, 0.1) is 29.9 Å². The number of nitrogens with one attached hydrogen (secondary N) is 2. The first-order chi connectivity index (χ1) is 15.5. The molecule has 0 aliphatic rings. The first-order valence-electron chi connectivity index (χ1n) is 9.59. The molecule has 14 heteroatoms. The summed E-state index contributed by atoms with van der Waals surface area (Å²) in [5.41, 5.74) is 0.957. The molecule has 3 rings (SSSR count). The molecule has 33 heavy (non-hydrogen) atoms. The smallest absolute Gasteiger partial charge is 0.312 e. The zero-order chi connectivity index (χ0) is 24.3. The van der Waals surface area contributed by atoms with Crippen LogP contribution >= 0.6 is 11.6 Å². The maximum Gasteiger partial charge on any atom is 0.312 e. The van der Waals surface area contributed by atoms with E-state index in [1.54, 1.807) is 13.8 Å². The lowest BCUT2D eigenvalue weighted by atomic mass is 10.1. The quantitative estimate of drug-likeness (QED) is 0.357. The second-order valence-electron chi connectivity index (χ2n) is 7.22. The number of amides is 1. The van der Waals surface area contributed by atoms with Crippen molar-refractivity contribution < 1.29 is 18.1 Å². The van der Waals surface area contributed by atoms with Crippen molar-refractivity contribution in [2.75, 3.05) is 10.0 Å². The third-order valence-electron chi connectivity index (χ3n) is 4.72. The fraction of sp³-hybridized carbons (Fsp3) is 0.263. The van der Waals surface area contributed by atoms with Crippen molar-refractivity contribution in [2.45, 2.75) is 32.2 Å². The van der Waals surface area contributed by atoms with Gasteiger partial charge in [0.15, 0.2) is 11.0 Å². The lowest BCUT2D eigenvalue weighted by Gasteiger charge is -2.13. The predicted molar refractivity (Wildman–Crippen MR) is 120 cm³/mol. The number of sulfonamides is 1. The van der Waals surface area contributed by atoms with Gasteiger partial charge in [0, 0.05) is 5.69 Å². The minimum atomic E-state index is -3.92. The predicted octanol–water partition coefficient (Wildman–Crippen LogP) is 2.93. The van der Waals surface area contributed by atoms with Crippen LogP contribution in [0.4, 0.5) is 17.2 Å². The Morgan fingerprint density at radius 1 is 1.18 bits per heavy atom. The molecule has 0 bridgehead atoms. The van der Waals surface area contributed by atoms with Gasteiger partial charge in [0.05, 0.1) is 22.3 Å². The molecule has 1 amide bonds. The molecular weight excluding hydrogens is 474 g/mol. The van der Waals surface area contributed by atoms with Crippen molar-refractivity contribution in [3.05, 3.63) is 63.1 Å². The first-order valence-corrected chi connectivity index (χ1v) is 11.5. The fourth-order valence-electron chi connectivity index (χ4n) is 3.02. The highest BCUT2D eigenvalue weighted by molar-refractivity contribution is 7.92. The molecule has 0 aliphatic heterocycles. The maximum atomic E-state index is 12.6. The summed E-state index contributed by atoms with van der Waals surface area (Å²) in [5.74, 6) is -0.901. The van der Waals surface area contributed by atoms with Crippen molar-refractivity contribution in [1.29, 1.82) is 0 Å². The molecule has 12 nitrogen and oxygen atoms in total. The highest BCUT2D eigenvalue weighted by Crippen LogP contribution is 2.23. The van der Waals surface area contributed by atoms with Crippen molar-refractivity contribution in [1.82, 2.24) is 20.0 Å². The molecule has 0 saturated heterocycles. The lowest BCUT2D eigenvalue weighted by molar-refractivity contribution is -0.386. The van der Waals surface area contributed by atoms with E-state index < -0.39 is 20.9 Å². The van der Waals surface area contributed by atoms with Crippen molar-refractivity contribution >= 4 is 44.7 Å². The van der Waals surface area contributed by atoms with Crippen LogP contribution in [0.2, 0.25) is 5.15 Å². The van der Waals surface area contributed by atoms with Gasteiger partial charge in [-0.3, -0.25) is 24.3 Å². The maximum absolute atomic E-state index is 12.6. The Bertz CT molecular complexity index is 1290. The molecular formula is C19H20ClN7O5S. The van der Waals surface area contributed by atoms with E-state index in [4.69, 9.17) is 11.6 Å². The van der Waals surface area contributed by atoms with Gasteiger partial charge in [-0.2, -0.15) is 5.10 Å². The number of nitro groups is 1. The minimum absolute atomic E-state index is 0.00925. The summed E-state index contributed by atoms with van der Waals surface area (Å²) in [6.07, 6.45) is 0. The van der Waals surface area contributed by atoms with Crippen LogP contribution < -0.4 is 10.0 Å². The number of carbonyl (C=O) groups is 1. The van der Waals surface area contributed by atoms with Gasteiger partial charge < -0.3 is 5.32 Å². The summed E-state index contributed by atoms with van der Waals surface area (Å²) in [4.78, 5) is 23.2. The molecule has 1 atom stereocenters. The summed E-state index contributed by atoms with van der Waals surface area (Å²) < 4.78 is 28.7. The molecule has 0 radical (unpaired) electrons. The Morgan fingerprint density at radius 3 is 2.39 bits per heavy atom. The number of rotatable bonds is 8. The second kappa shape index (κ2) is 9.50. The Morgan fingerprint density at radius 2 is 1.85 bits per heavy atom. The summed E-state index contributed by atoms with van der Waals surface area (Å²) in [7, 11) is -3.92. The average molecular weight is 494 g/mol. The highest BCUT2D eigenvalue weighted by atomic mass is 35.5. The van der Waals surface area contributed by atoms with Crippen molar-refractivity contribution in [3.63, 3.8) is 0 Å². The Hall–Kier alpha value is -3.58. The molecule has 1 unspecified atom stereocenters. The monoisotopic (exact) mass is 493 g/mol. The molecule has 2 N–H and O–H groups in total. The zero-order valence-corrected chi connectivity index (χ0v) is 19.4. The van der Waals surface area contributed by atoms with Gasteiger partial charge >= 0.3 is 5.69 Å². The Kier molecular flexibility index (Phi) is 6.93. The lowest BCUT2D eigenvalue weighted by Crippen LogP contribution is -2.25. The van der Waals surface area contributed by atoms with Crippen molar-refractivity contribution in [2.24, 2.45) is 5.92 Å². The van der Waals surface area contributed by atoms with E-state index in [2.05, 4.69) is 25.3 Å². The van der Waals surface area contributed by atoms with E-state index >= 15 is 0 Å². The van der Waals surface area contributed by atoms with E-state index in [1.165, 1.54) is 48.0 Å². The summed E-state index contributed by atoms with van der Waals surface area (Å²) in [6.45, 7) is 4.92. The average Bonchev–Trinajstić information content (AvgIpc) is 3.02. The summed E-state index contributed by atoms with van der Waals surface area (Å²) in [5, 5.41) is 25.3. The third-order valence-corrected chi connectivity index (χ3v) is 6.30. The standard InChI is InChI=1S/C19H20ClN7O5S/c1-11(10-26-13(3)18(27(29)30)12(2)24-26)19(28)21-14-4-6-15(7-5-14)33(31,32)25-17-9-8-16(20)22-23-17/h4-9,11H,10H2,1-3H3,(H,21,28)(H,23,25). The zero-order valence-electron chi connectivity index (χ0n) is 17.8. The molecule has 2 heterocycles. The van der Waals surface area contributed by atoms with E-state index in [1.807, 2.05) is 0 Å². The van der Waals surface area contributed by atoms with Gasteiger partial charge in [-0.15, -0.1) is 10.2 Å². The number of hydrogen-bond acceptors (Lipinski definition) is 8. The van der Waals surface area contributed by atoms with Gasteiger partial charge in [0.1, 0.15) is 11.4 Å². The van der Waals surface area contributed by atoms with E-state index in [0.717, 1.165) is 0 Å².